The quantitative estimate of drug-likeness (QED) is 0.748. The average Bonchev–Trinajstić information content (AvgIpc) is 2.51. The van der Waals surface area contributed by atoms with E-state index < -0.39 is 12.1 Å². The van der Waals surface area contributed by atoms with E-state index in [1.54, 1.807) is 24.3 Å². The molecule has 0 spiro atoms. The number of unbranched alkanes of at least 4 members (excludes halogenated alkanes) is 1. The summed E-state index contributed by atoms with van der Waals surface area (Å²) in [7, 11) is 0. The molecule has 1 amide bonds. The first-order valence-corrected chi connectivity index (χ1v) is 7.64. The monoisotopic (exact) mass is 291 g/mol. The van der Waals surface area contributed by atoms with E-state index in [9.17, 15) is 9.59 Å². The molecule has 0 aromatic heterocycles. The van der Waals surface area contributed by atoms with Gasteiger partial charge in [-0.2, -0.15) is 0 Å². The van der Waals surface area contributed by atoms with Crippen LogP contribution in [-0.4, -0.2) is 24.0 Å². The van der Waals surface area contributed by atoms with Crippen molar-refractivity contribution in [2.45, 2.75) is 58.6 Å². The summed E-state index contributed by atoms with van der Waals surface area (Å²) in [6.07, 6.45) is 2.49. The molecule has 1 aromatic carbocycles. The zero-order valence-electron chi connectivity index (χ0n) is 13.1. The largest absolute Gasteiger partial charge is 0.449 e. The van der Waals surface area contributed by atoms with E-state index in [4.69, 9.17) is 4.74 Å². The minimum absolute atomic E-state index is 0.0806. The summed E-state index contributed by atoms with van der Waals surface area (Å²) >= 11 is 0. The predicted octanol–water partition coefficient (Wildman–Crippen LogP) is 3.32. The Kier molecular flexibility index (Phi) is 7.51. The zero-order valence-corrected chi connectivity index (χ0v) is 13.1. The summed E-state index contributed by atoms with van der Waals surface area (Å²) < 4.78 is 5.39. The maximum atomic E-state index is 12.2. The molecule has 2 atom stereocenters. The lowest BCUT2D eigenvalue weighted by molar-refractivity contribution is -0.131. The van der Waals surface area contributed by atoms with Gasteiger partial charge in [0.1, 0.15) is 0 Å². The van der Waals surface area contributed by atoms with E-state index in [1.165, 1.54) is 0 Å². The molecule has 2 unspecified atom stereocenters. The standard InChI is InChI=1S/C17H25NO3/c1-4-6-12-15(16(19)18-13(3)5-2)21-17(20)14-10-8-7-9-11-14/h7-11,13,15H,4-6,12H2,1-3H3,(H,18,19). The summed E-state index contributed by atoms with van der Waals surface area (Å²) in [5.74, 6) is -0.655. The van der Waals surface area contributed by atoms with E-state index in [1.807, 2.05) is 26.8 Å². The van der Waals surface area contributed by atoms with Crippen molar-refractivity contribution in [3.63, 3.8) is 0 Å². The fourth-order valence-electron chi connectivity index (χ4n) is 1.84. The van der Waals surface area contributed by atoms with Crippen LogP contribution in [0.25, 0.3) is 0 Å². The molecule has 0 saturated heterocycles. The Hall–Kier alpha value is -1.84. The van der Waals surface area contributed by atoms with Crippen molar-refractivity contribution in [1.82, 2.24) is 5.32 Å². The molecular formula is C17H25NO3. The third-order valence-corrected chi connectivity index (χ3v) is 3.37. The van der Waals surface area contributed by atoms with Crippen LogP contribution in [0.5, 0.6) is 0 Å². The van der Waals surface area contributed by atoms with Gasteiger partial charge in [-0.15, -0.1) is 0 Å². The lowest BCUT2D eigenvalue weighted by Crippen LogP contribution is -2.42. The normalized spacial score (nSPS) is 13.3. The minimum Gasteiger partial charge on any atom is -0.449 e. The zero-order chi connectivity index (χ0) is 15.7. The summed E-state index contributed by atoms with van der Waals surface area (Å²) in [5, 5.41) is 2.88. The van der Waals surface area contributed by atoms with Crippen LogP contribution in [0, 0.1) is 0 Å². The van der Waals surface area contributed by atoms with E-state index in [0.29, 0.717) is 12.0 Å². The molecule has 116 valence electrons. The first-order chi connectivity index (χ1) is 10.1. The highest BCUT2D eigenvalue weighted by Gasteiger charge is 2.23. The number of benzene rings is 1. The van der Waals surface area contributed by atoms with Crippen LogP contribution in [0.3, 0.4) is 0 Å². The van der Waals surface area contributed by atoms with Crippen LogP contribution in [0.15, 0.2) is 30.3 Å². The van der Waals surface area contributed by atoms with Gasteiger partial charge in [0.15, 0.2) is 6.10 Å². The van der Waals surface area contributed by atoms with Crippen LogP contribution < -0.4 is 5.32 Å². The molecular weight excluding hydrogens is 266 g/mol. The molecule has 21 heavy (non-hydrogen) atoms. The highest BCUT2D eigenvalue weighted by molar-refractivity contribution is 5.92. The second-order valence-electron chi connectivity index (χ2n) is 5.22. The van der Waals surface area contributed by atoms with Gasteiger partial charge in [0.2, 0.25) is 0 Å². The highest BCUT2D eigenvalue weighted by atomic mass is 16.5. The Morgan fingerprint density at radius 2 is 1.86 bits per heavy atom. The SMILES string of the molecule is CCCCC(OC(=O)c1ccccc1)C(=O)NC(C)CC. The molecule has 0 aliphatic heterocycles. The van der Waals surface area contributed by atoms with Gasteiger partial charge in [-0.3, -0.25) is 4.79 Å². The molecule has 1 N–H and O–H groups in total. The van der Waals surface area contributed by atoms with Gasteiger partial charge in [0, 0.05) is 6.04 Å². The van der Waals surface area contributed by atoms with Gasteiger partial charge in [0.05, 0.1) is 5.56 Å². The second kappa shape index (κ2) is 9.16. The second-order valence-corrected chi connectivity index (χ2v) is 5.22. The van der Waals surface area contributed by atoms with Crippen molar-refractivity contribution < 1.29 is 14.3 Å². The van der Waals surface area contributed by atoms with Crippen molar-refractivity contribution in [3.8, 4) is 0 Å². The molecule has 0 saturated carbocycles. The number of hydrogen-bond donors (Lipinski definition) is 1. The van der Waals surface area contributed by atoms with Gasteiger partial charge >= 0.3 is 5.97 Å². The third-order valence-electron chi connectivity index (χ3n) is 3.37. The van der Waals surface area contributed by atoms with Crippen LogP contribution in [-0.2, 0) is 9.53 Å². The van der Waals surface area contributed by atoms with Gasteiger partial charge in [-0.25, -0.2) is 4.79 Å². The fraction of sp³-hybridized carbons (Fsp3) is 0.529. The van der Waals surface area contributed by atoms with Crippen molar-refractivity contribution in [2.75, 3.05) is 0 Å². The van der Waals surface area contributed by atoms with Crippen molar-refractivity contribution in [1.29, 1.82) is 0 Å². The number of hydrogen-bond acceptors (Lipinski definition) is 3. The van der Waals surface area contributed by atoms with Crippen molar-refractivity contribution in [2.24, 2.45) is 0 Å². The topological polar surface area (TPSA) is 55.4 Å². The first-order valence-electron chi connectivity index (χ1n) is 7.64. The number of esters is 1. The van der Waals surface area contributed by atoms with E-state index >= 15 is 0 Å². The Bertz CT molecular complexity index is 445. The van der Waals surface area contributed by atoms with Gasteiger partial charge in [-0.1, -0.05) is 38.5 Å². The minimum atomic E-state index is -0.716. The smallest absolute Gasteiger partial charge is 0.338 e. The average molecular weight is 291 g/mol. The molecule has 1 rings (SSSR count). The summed E-state index contributed by atoms with van der Waals surface area (Å²) in [5.41, 5.74) is 0.468. The molecule has 0 bridgehead atoms. The first kappa shape index (κ1) is 17.2. The Labute approximate surface area is 126 Å². The molecule has 4 heteroatoms. The molecule has 0 aliphatic carbocycles. The molecule has 1 aromatic rings. The number of nitrogens with one attached hydrogen (secondary N) is 1. The summed E-state index contributed by atoms with van der Waals surface area (Å²) in [4.78, 5) is 24.3. The summed E-state index contributed by atoms with van der Waals surface area (Å²) in [6.45, 7) is 5.98. The van der Waals surface area contributed by atoms with Crippen molar-refractivity contribution in [3.05, 3.63) is 35.9 Å². The lowest BCUT2D eigenvalue weighted by atomic mass is 10.1. The Morgan fingerprint density at radius 1 is 1.19 bits per heavy atom. The number of amides is 1. The number of carbonyl (C=O) groups is 2. The highest BCUT2D eigenvalue weighted by Crippen LogP contribution is 2.10. The molecule has 0 aliphatic rings. The molecule has 4 nitrogen and oxygen atoms in total. The van der Waals surface area contributed by atoms with Gasteiger partial charge in [0.25, 0.3) is 5.91 Å². The van der Waals surface area contributed by atoms with Crippen molar-refractivity contribution >= 4 is 11.9 Å². The Morgan fingerprint density at radius 3 is 2.43 bits per heavy atom. The van der Waals surface area contributed by atoms with E-state index in [-0.39, 0.29) is 11.9 Å². The number of ether oxygens (including phenoxy) is 1. The molecule has 0 heterocycles. The summed E-state index contributed by atoms with van der Waals surface area (Å²) in [6, 6.07) is 8.84. The maximum absolute atomic E-state index is 12.2. The molecule has 0 radical (unpaired) electrons. The van der Waals surface area contributed by atoms with Crippen LogP contribution >= 0.6 is 0 Å². The van der Waals surface area contributed by atoms with E-state index in [0.717, 1.165) is 19.3 Å². The number of rotatable bonds is 8. The van der Waals surface area contributed by atoms with Crippen LogP contribution in [0.2, 0.25) is 0 Å². The van der Waals surface area contributed by atoms with E-state index in [2.05, 4.69) is 5.32 Å². The van der Waals surface area contributed by atoms with Crippen LogP contribution in [0.1, 0.15) is 56.8 Å². The lowest BCUT2D eigenvalue weighted by Gasteiger charge is -2.20. The fourth-order valence-corrected chi connectivity index (χ4v) is 1.84. The Balaban J connectivity index is 2.69. The predicted molar refractivity (Wildman–Crippen MR) is 83.1 cm³/mol. The molecule has 0 fully saturated rings. The van der Waals surface area contributed by atoms with Gasteiger partial charge < -0.3 is 10.1 Å². The number of carbonyl (C=O) groups excluding carboxylic acids is 2. The third kappa shape index (κ3) is 5.98. The maximum Gasteiger partial charge on any atom is 0.338 e. The van der Waals surface area contributed by atoms with Gasteiger partial charge in [-0.05, 0) is 38.3 Å². The van der Waals surface area contributed by atoms with Crippen LogP contribution in [0.4, 0.5) is 0 Å².